The number of hydrogen-bond acceptors (Lipinski definition) is 2. The average Bonchev–Trinajstić information content (AvgIpc) is 2.14. The van der Waals surface area contributed by atoms with Crippen LogP contribution in [-0.2, 0) is 6.18 Å². The Morgan fingerprint density at radius 1 is 1.33 bits per heavy atom. The third-order valence-corrected chi connectivity index (χ3v) is 1.75. The van der Waals surface area contributed by atoms with Crippen molar-refractivity contribution < 1.29 is 13.2 Å². The summed E-state index contributed by atoms with van der Waals surface area (Å²) in [5.74, 6) is 0. The topological polar surface area (TPSA) is 49.8 Å². The lowest BCUT2D eigenvalue weighted by molar-refractivity contribution is -0.137. The van der Waals surface area contributed by atoms with Crippen LogP contribution in [0, 0.1) is 11.3 Å². The number of rotatable bonds is 1. The Balaban J connectivity index is 3.10. The van der Waals surface area contributed by atoms with Crippen molar-refractivity contribution in [3.63, 3.8) is 0 Å². The van der Waals surface area contributed by atoms with Crippen LogP contribution in [0.3, 0.4) is 0 Å². The Labute approximate surface area is 84.4 Å². The summed E-state index contributed by atoms with van der Waals surface area (Å²) in [7, 11) is 0. The number of anilines is 1. The Hall–Kier alpha value is -1.96. The molecule has 78 valence electrons. The van der Waals surface area contributed by atoms with Gasteiger partial charge in [0.2, 0.25) is 0 Å². The largest absolute Gasteiger partial charge is 0.416 e. The van der Waals surface area contributed by atoms with Gasteiger partial charge in [-0.25, -0.2) is 0 Å². The molecule has 1 rings (SSSR count). The molecule has 0 aliphatic carbocycles. The van der Waals surface area contributed by atoms with Crippen LogP contribution in [0.1, 0.15) is 11.1 Å². The zero-order valence-electron chi connectivity index (χ0n) is 7.55. The van der Waals surface area contributed by atoms with E-state index in [4.69, 9.17) is 11.0 Å². The van der Waals surface area contributed by atoms with Crippen molar-refractivity contribution >= 4 is 11.8 Å². The molecular weight excluding hydrogens is 205 g/mol. The third-order valence-electron chi connectivity index (χ3n) is 1.75. The number of nitrogens with two attached hydrogens (primary N) is 1. The molecule has 2 N–H and O–H groups in total. The van der Waals surface area contributed by atoms with Crippen LogP contribution in [0.4, 0.5) is 18.9 Å². The molecule has 2 nitrogen and oxygen atoms in total. The summed E-state index contributed by atoms with van der Waals surface area (Å²) in [4.78, 5) is 0. The van der Waals surface area contributed by atoms with Crippen molar-refractivity contribution in [1.82, 2.24) is 0 Å². The van der Waals surface area contributed by atoms with E-state index >= 15 is 0 Å². The number of nitrogens with zero attached hydrogens (tertiary/aromatic N) is 1. The van der Waals surface area contributed by atoms with Gasteiger partial charge in [0.1, 0.15) is 0 Å². The maximum absolute atomic E-state index is 12.2. The summed E-state index contributed by atoms with van der Waals surface area (Å²) in [5, 5.41) is 8.24. The summed E-state index contributed by atoms with van der Waals surface area (Å²) in [6.07, 6.45) is -1.89. The number of nitrogen functional groups attached to an aromatic ring is 1. The number of halogens is 3. The molecule has 1 aromatic rings. The standard InChI is InChI=1S/C10H7F3N2/c11-10(12,13)8-4-3-7(2-1-5-14)9(15)6-8/h1-4,6H,15H2. The van der Waals surface area contributed by atoms with Crippen molar-refractivity contribution in [3.8, 4) is 6.07 Å². The summed E-state index contributed by atoms with van der Waals surface area (Å²) < 4.78 is 36.7. The molecule has 0 bridgehead atoms. The van der Waals surface area contributed by atoms with Gasteiger partial charge >= 0.3 is 6.18 Å². The molecule has 0 atom stereocenters. The van der Waals surface area contributed by atoms with Crippen molar-refractivity contribution in [2.24, 2.45) is 0 Å². The van der Waals surface area contributed by atoms with Crippen molar-refractivity contribution in [2.45, 2.75) is 6.18 Å². The predicted octanol–water partition coefficient (Wildman–Crippen LogP) is 2.82. The van der Waals surface area contributed by atoms with E-state index in [1.807, 2.05) is 0 Å². The highest BCUT2D eigenvalue weighted by Gasteiger charge is 2.30. The zero-order valence-corrected chi connectivity index (χ0v) is 7.55. The molecule has 5 heteroatoms. The number of alkyl halides is 3. The van der Waals surface area contributed by atoms with Gasteiger partial charge in [-0.05, 0) is 23.8 Å². The Bertz CT molecular complexity index is 427. The molecular formula is C10H7F3N2. The van der Waals surface area contributed by atoms with Gasteiger partial charge in [-0.15, -0.1) is 0 Å². The quantitative estimate of drug-likeness (QED) is 0.574. The monoisotopic (exact) mass is 212 g/mol. The van der Waals surface area contributed by atoms with E-state index in [1.54, 1.807) is 6.07 Å². The second-order valence-corrected chi connectivity index (χ2v) is 2.80. The van der Waals surface area contributed by atoms with E-state index in [0.717, 1.165) is 18.2 Å². The molecule has 0 spiro atoms. The molecule has 1 aromatic carbocycles. The minimum Gasteiger partial charge on any atom is -0.398 e. The fourth-order valence-corrected chi connectivity index (χ4v) is 1.03. The number of nitriles is 1. The lowest BCUT2D eigenvalue weighted by Crippen LogP contribution is -2.05. The molecule has 0 saturated heterocycles. The minimum absolute atomic E-state index is 0.00340. The van der Waals surface area contributed by atoms with Gasteiger partial charge < -0.3 is 5.73 Å². The van der Waals surface area contributed by atoms with Crippen LogP contribution in [0.5, 0.6) is 0 Å². The number of hydrogen-bond donors (Lipinski definition) is 1. The first kappa shape index (κ1) is 11.1. The Morgan fingerprint density at radius 3 is 2.47 bits per heavy atom. The highest BCUT2D eigenvalue weighted by molar-refractivity contribution is 5.66. The molecule has 0 unspecified atom stereocenters. The Kier molecular flexibility index (Phi) is 3.00. The summed E-state index contributed by atoms with van der Waals surface area (Å²) >= 11 is 0. The maximum atomic E-state index is 12.2. The average molecular weight is 212 g/mol. The van der Waals surface area contributed by atoms with Crippen LogP contribution in [-0.4, -0.2) is 0 Å². The predicted molar refractivity (Wildman–Crippen MR) is 50.5 cm³/mol. The molecule has 0 heterocycles. The van der Waals surface area contributed by atoms with Gasteiger partial charge in [-0.1, -0.05) is 6.07 Å². The van der Waals surface area contributed by atoms with Crippen LogP contribution >= 0.6 is 0 Å². The fourth-order valence-electron chi connectivity index (χ4n) is 1.03. The molecule has 15 heavy (non-hydrogen) atoms. The van der Waals surface area contributed by atoms with E-state index in [9.17, 15) is 13.2 Å². The van der Waals surface area contributed by atoms with Gasteiger partial charge in [0, 0.05) is 11.8 Å². The summed E-state index contributed by atoms with van der Waals surface area (Å²) in [5.41, 5.74) is 4.99. The highest BCUT2D eigenvalue weighted by atomic mass is 19.4. The molecule has 0 aromatic heterocycles. The summed E-state index contributed by atoms with van der Waals surface area (Å²) in [6.45, 7) is 0. The van der Waals surface area contributed by atoms with E-state index in [2.05, 4.69) is 0 Å². The van der Waals surface area contributed by atoms with Crippen LogP contribution in [0.2, 0.25) is 0 Å². The normalized spacial score (nSPS) is 11.6. The molecule has 0 amide bonds. The smallest absolute Gasteiger partial charge is 0.398 e. The first-order chi connectivity index (χ1) is 6.95. The second kappa shape index (κ2) is 4.05. The number of allylic oxidation sites excluding steroid dienone is 1. The summed E-state index contributed by atoms with van der Waals surface area (Å²) in [6, 6.07) is 4.73. The van der Waals surface area contributed by atoms with Gasteiger partial charge in [0.05, 0.1) is 11.6 Å². The molecule has 0 aliphatic rings. The van der Waals surface area contributed by atoms with E-state index < -0.39 is 11.7 Å². The van der Waals surface area contributed by atoms with Gasteiger partial charge in [-0.3, -0.25) is 0 Å². The fraction of sp³-hybridized carbons (Fsp3) is 0.100. The lowest BCUT2D eigenvalue weighted by atomic mass is 10.1. The first-order valence-electron chi connectivity index (χ1n) is 3.98. The van der Waals surface area contributed by atoms with Gasteiger partial charge in [0.25, 0.3) is 0 Å². The highest BCUT2D eigenvalue weighted by Crippen LogP contribution is 2.31. The van der Waals surface area contributed by atoms with Gasteiger partial charge in [0.15, 0.2) is 0 Å². The Morgan fingerprint density at radius 2 is 2.00 bits per heavy atom. The number of benzene rings is 1. The van der Waals surface area contributed by atoms with Crippen LogP contribution < -0.4 is 5.73 Å². The molecule has 0 saturated carbocycles. The van der Waals surface area contributed by atoms with Crippen molar-refractivity contribution in [3.05, 3.63) is 35.4 Å². The molecule has 0 fully saturated rings. The second-order valence-electron chi connectivity index (χ2n) is 2.80. The van der Waals surface area contributed by atoms with Gasteiger partial charge in [-0.2, -0.15) is 18.4 Å². The van der Waals surface area contributed by atoms with E-state index in [0.29, 0.717) is 5.56 Å². The third kappa shape index (κ3) is 2.74. The van der Waals surface area contributed by atoms with Crippen molar-refractivity contribution in [1.29, 1.82) is 5.26 Å². The maximum Gasteiger partial charge on any atom is 0.416 e. The van der Waals surface area contributed by atoms with Crippen molar-refractivity contribution in [2.75, 3.05) is 5.73 Å². The zero-order chi connectivity index (χ0) is 11.5. The van der Waals surface area contributed by atoms with E-state index in [-0.39, 0.29) is 5.69 Å². The van der Waals surface area contributed by atoms with E-state index in [1.165, 1.54) is 12.1 Å². The lowest BCUT2D eigenvalue weighted by Gasteiger charge is -2.08. The molecule has 0 aliphatic heterocycles. The van der Waals surface area contributed by atoms with Crippen LogP contribution in [0.25, 0.3) is 6.08 Å². The SMILES string of the molecule is N#CC=Cc1ccc(C(F)(F)F)cc1N. The molecule has 0 radical (unpaired) electrons. The minimum atomic E-state index is -4.40. The first-order valence-corrected chi connectivity index (χ1v) is 3.98. The van der Waals surface area contributed by atoms with Crippen LogP contribution in [0.15, 0.2) is 24.3 Å².